The topological polar surface area (TPSA) is 26.0 Å². The van der Waals surface area contributed by atoms with Gasteiger partial charge in [0.25, 0.3) is 0 Å². The Morgan fingerprint density at radius 2 is 2.22 bits per heavy atom. The summed E-state index contributed by atoms with van der Waals surface area (Å²) in [5, 5.41) is 0. The second kappa shape index (κ2) is 3.57. The van der Waals surface area contributed by atoms with E-state index in [1.54, 1.807) is 6.08 Å². The van der Waals surface area contributed by atoms with E-state index in [0.717, 1.165) is 0 Å². The predicted octanol–water partition coefficient (Wildman–Crippen LogP) is 1.20. The molecule has 0 aliphatic rings. The SMILES string of the molecule is C#CC(=C)/C=C(\N)C=C. The van der Waals surface area contributed by atoms with Crippen LogP contribution in [0.2, 0.25) is 0 Å². The fourth-order valence-electron chi connectivity index (χ4n) is 0.302. The first-order valence-corrected chi connectivity index (χ1v) is 2.46. The maximum Gasteiger partial charge on any atom is 0.0320 e. The molecule has 0 aliphatic carbocycles. The van der Waals surface area contributed by atoms with Gasteiger partial charge in [-0.1, -0.05) is 19.1 Å². The van der Waals surface area contributed by atoms with Gasteiger partial charge in [-0.15, -0.1) is 6.42 Å². The molecule has 1 heteroatoms. The van der Waals surface area contributed by atoms with Gasteiger partial charge >= 0.3 is 0 Å². The van der Waals surface area contributed by atoms with Crippen LogP contribution in [0.25, 0.3) is 0 Å². The molecule has 0 bridgehead atoms. The van der Waals surface area contributed by atoms with Crippen LogP contribution < -0.4 is 5.73 Å². The number of terminal acetylenes is 1. The Bertz CT molecular complexity index is 191. The van der Waals surface area contributed by atoms with Gasteiger partial charge in [-0.05, 0) is 12.2 Å². The molecule has 0 heterocycles. The summed E-state index contributed by atoms with van der Waals surface area (Å²) in [6.45, 7) is 6.97. The van der Waals surface area contributed by atoms with Crippen molar-refractivity contribution < 1.29 is 0 Å². The Balaban J connectivity index is 4.16. The lowest BCUT2D eigenvalue weighted by Crippen LogP contribution is -1.91. The molecule has 0 aromatic carbocycles. The molecule has 0 saturated heterocycles. The number of rotatable bonds is 2. The third kappa shape index (κ3) is 3.19. The highest BCUT2D eigenvalue weighted by molar-refractivity contribution is 5.37. The summed E-state index contributed by atoms with van der Waals surface area (Å²) in [6, 6.07) is 0. The second-order valence-corrected chi connectivity index (χ2v) is 1.52. The Hall–Kier alpha value is -1.42. The molecule has 0 fully saturated rings. The highest BCUT2D eigenvalue weighted by Gasteiger charge is 1.80. The first-order valence-electron chi connectivity index (χ1n) is 2.46. The Labute approximate surface area is 55.6 Å². The maximum absolute atomic E-state index is 5.34. The third-order valence-corrected chi connectivity index (χ3v) is 0.762. The van der Waals surface area contributed by atoms with Gasteiger partial charge in [0.05, 0.1) is 0 Å². The monoisotopic (exact) mass is 119 g/mol. The highest BCUT2D eigenvalue weighted by Crippen LogP contribution is 1.92. The van der Waals surface area contributed by atoms with Crippen molar-refractivity contribution in [1.82, 2.24) is 0 Å². The van der Waals surface area contributed by atoms with Crippen LogP contribution in [0, 0.1) is 12.3 Å². The fourth-order valence-corrected chi connectivity index (χ4v) is 0.302. The summed E-state index contributed by atoms with van der Waals surface area (Å²) >= 11 is 0. The summed E-state index contributed by atoms with van der Waals surface area (Å²) in [7, 11) is 0. The predicted molar refractivity (Wildman–Crippen MR) is 40.4 cm³/mol. The zero-order valence-corrected chi connectivity index (χ0v) is 5.22. The summed E-state index contributed by atoms with van der Waals surface area (Å²) < 4.78 is 0. The average molecular weight is 119 g/mol. The third-order valence-electron chi connectivity index (χ3n) is 0.762. The molecule has 0 rings (SSSR count). The molecular weight excluding hydrogens is 110 g/mol. The molecule has 0 radical (unpaired) electrons. The number of hydrogen-bond donors (Lipinski definition) is 1. The Kier molecular flexibility index (Phi) is 3.00. The maximum atomic E-state index is 5.34. The molecule has 0 amide bonds. The van der Waals surface area contributed by atoms with E-state index in [2.05, 4.69) is 19.1 Å². The van der Waals surface area contributed by atoms with E-state index in [-0.39, 0.29) is 0 Å². The van der Waals surface area contributed by atoms with Crippen LogP contribution >= 0.6 is 0 Å². The smallest absolute Gasteiger partial charge is 0.0320 e. The summed E-state index contributed by atoms with van der Waals surface area (Å²) in [6.07, 6.45) is 8.10. The van der Waals surface area contributed by atoms with E-state index in [4.69, 9.17) is 12.2 Å². The van der Waals surface area contributed by atoms with Crippen LogP contribution in [0.15, 0.2) is 36.6 Å². The minimum atomic E-state index is 0.540. The molecule has 0 saturated carbocycles. The minimum Gasteiger partial charge on any atom is -0.399 e. The lowest BCUT2D eigenvalue weighted by Gasteiger charge is -1.88. The van der Waals surface area contributed by atoms with Crippen LogP contribution in [0.1, 0.15) is 0 Å². The van der Waals surface area contributed by atoms with Crippen molar-refractivity contribution >= 4 is 0 Å². The molecule has 2 N–H and O–H groups in total. The van der Waals surface area contributed by atoms with Crippen molar-refractivity contribution in [3.63, 3.8) is 0 Å². The van der Waals surface area contributed by atoms with Gasteiger partial charge in [0.2, 0.25) is 0 Å². The largest absolute Gasteiger partial charge is 0.399 e. The van der Waals surface area contributed by atoms with E-state index in [1.165, 1.54) is 6.08 Å². The highest BCUT2D eigenvalue weighted by atomic mass is 14.5. The van der Waals surface area contributed by atoms with Gasteiger partial charge in [-0.2, -0.15) is 0 Å². The van der Waals surface area contributed by atoms with E-state index >= 15 is 0 Å². The molecule has 9 heavy (non-hydrogen) atoms. The first-order chi connectivity index (χ1) is 4.20. The summed E-state index contributed by atoms with van der Waals surface area (Å²) in [5.74, 6) is 2.33. The van der Waals surface area contributed by atoms with Crippen LogP contribution in [-0.4, -0.2) is 0 Å². The van der Waals surface area contributed by atoms with Crippen molar-refractivity contribution in [2.75, 3.05) is 0 Å². The van der Waals surface area contributed by atoms with Crippen LogP contribution in [0.3, 0.4) is 0 Å². The number of nitrogens with two attached hydrogens (primary N) is 1. The van der Waals surface area contributed by atoms with E-state index in [9.17, 15) is 0 Å². The molecule has 0 aromatic heterocycles. The fraction of sp³-hybridized carbons (Fsp3) is 0. The Morgan fingerprint density at radius 3 is 2.56 bits per heavy atom. The van der Waals surface area contributed by atoms with Gasteiger partial charge in [-0.3, -0.25) is 0 Å². The molecule has 0 aromatic rings. The second-order valence-electron chi connectivity index (χ2n) is 1.52. The van der Waals surface area contributed by atoms with Crippen LogP contribution in [-0.2, 0) is 0 Å². The van der Waals surface area contributed by atoms with Crippen molar-refractivity contribution in [2.24, 2.45) is 5.73 Å². The number of allylic oxidation sites excluding steroid dienone is 3. The zero-order valence-electron chi connectivity index (χ0n) is 5.22. The van der Waals surface area contributed by atoms with Crippen molar-refractivity contribution in [3.8, 4) is 12.3 Å². The average Bonchev–Trinajstić information content (AvgIpc) is 1.87. The number of hydrogen-bond acceptors (Lipinski definition) is 1. The molecule has 1 nitrogen and oxygen atoms in total. The first kappa shape index (κ1) is 7.58. The van der Waals surface area contributed by atoms with Gasteiger partial charge in [0, 0.05) is 11.3 Å². The normalized spacial score (nSPS) is 9.89. The summed E-state index contributed by atoms with van der Waals surface area (Å²) in [4.78, 5) is 0. The lowest BCUT2D eigenvalue weighted by molar-refractivity contribution is 1.42. The van der Waals surface area contributed by atoms with Crippen LogP contribution in [0.5, 0.6) is 0 Å². The Morgan fingerprint density at radius 1 is 1.67 bits per heavy atom. The molecule has 0 unspecified atom stereocenters. The van der Waals surface area contributed by atoms with Crippen LogP contribution in [0.4, 0.5) is 0 Å². The molecule has 0 atom stereocenters. The summed E-state index contributed by atoms with van der Waals surface area (Å²) in [5.41, 5.74) is 6.44. The van der Waals surface area contributed by atoms with Crippen molar-refractivity contribution in [1.29, 1.82) is 0 Å². The van der Waals surface area contributed by atoms with Gasteiger partial charge in [0.1, 0.15) is 0 Å². The molecule has 46 valence electrons. The minimum absolute atomic E-state index is 0.540. The standard InChI is InChI=1S/C8H9N/c1-4-7(3)6-8(9)5-2/h1,5-6H,2-3,9H2/b8-6-. The molecular formula is C8H9N. The van der Waals surface area contributed by atoms with E-state index in [0.29, 0.717) is 11.3 Å². The quantitative estimate of drug-likeness (QED) is 0.429. The van der Waals surface area contributed by atoms with E-state index < -0.39 is 0 Å². The molecule has 0 aliphatic heterocycles. The van der Waals surface area contributed by atoms with Crippen molar-refractivity contribution in [2.45, 2.75) is 0 Å². The molecule has 0 spiro atoms. The van der Waals surface area contributed by atoms with Crippen molar-refractivity contribution in [3.05, 3.63) is 36.6 Å². The van der Waals surface area contributed by atoms with E-state index in [1.807, 2.05) is 0 Å². The van der Waals surface area contributed by atoms with Gasteiger partial charge < -0.3 is 5.73 Å². The zero-order chi connectivity index (χ0) is 7.28. The van der Waals surface area contributed by atoms with Gasteiger partial charge in [0.15, 0.2) is 0 Å². The van der Waals surface area contributed by atoms with Gasteiger partial charge in [-0.25, -0.2) is 0 Å². The lowest BCUT2D eigenvalue weighted by atomic mass is 10.2.